The third kappa shape index (κ3) is 3.28. The fourth-order valence-corrected chi connectivity index (χ4v) is 2.48. The van der Waals surface area contributed by atoms with E-state index in [0.717, 1.165) is 25.0 Å². The third-order valence-corrected chi connectivity index (χ3v) is 3.29. The van der Waals surface area contributed by atoms with Crippen LogP contribution in [-0.4, -0.2) is 27.6 Å². The lowest BCUT2D eigenvalue weighted by atomic mass is 9.95. The molecule has 5 heteroatoms. The van der Waals surface area contributed by atoms with Crippen molar-refractivity contribution in [2.24, 2.45) is 0 Å². The van der Waals surface area contributed by atoms with Crippen molar-refractivity contribution in [2.45, 2.75) is 64.6 Å². The molecule has 0 aliphatic carbocycles. The van der Waals surface area contributed by atoms with Crippen LogP contribution in [0.15, 0.2) is 17.0 Å². The van der Waals surface area contributed by atoms with Crippen molar-refractivity contribution in [3.05, 3.63) is 18.4 Å². The Morgan fingerprint density at radius 2 is 2.21 bits per heavy atom. The van der Waals surface area contributed by atoms with Gasteiger partial charge in [0.25, 0.3) is 0 Å². The van der Waals surface area contributed by atoms with Crippen LogP contribution in [0.1, 0.15) is 58.8 Å². The minimum Gasteiger partial charge on any atom is -0.446 e. The van der Waals surface area contributed by atoms with Crippen LogP contribution in [0.2, 0.25) is 0 Å². The molecular formula is C14H22N2O3. The van der Waals surface area contributed by atoms with E-state index in [9.17, 15) is 4.79 Å². The van der Waals surface area contributed by atoms with E-state index in [1.165, 1.54) is 6.39 Å². The number of hydrogen-bond donors (Lipinski definition) is 0. The highest BCUT2D eigenvalue weighted by Crippen LogP contribution is 2.35. The van der Waals surface area contributed by atoms with Gasteiger partial charge in [0.05, 0.1) is 12.2 Å². The summed E-state index contributed by atoms with van der Waals surface area (Å²) < 4.78 is 10.9. The fourth-order valence-electron chi connectivity index (χ4n) is 2.48. The van der Waals surface area contributed by atoms with Gasteiger partial charge in [0.15, 0.2) is 6.39 Å². The molecular weight excluding hydrogens is 244 g/mol. The molecule has 2 atom stereocenters. The molecule has 0 saturated carbocycles. The van der Waals surface area contributed by atoms with Gasteiger partial charge in [0.1, 0.15) is 11.4 Å². The Bertz CT molecular complexity index is 422. The minimum absolute atomic E-state index is 0.0684. The van der Waals surface area contributed by atoms with Gasteiger partial charge in [0, 0.05) is 6.04 Å². The molecule has 2 rings (SSSR count). The second kappa shape index (κ2) is 5.23. The molecule has 0 radical (unpaired) electrons. The lowest BCUT2D eigenvalue weighted by Crippen LogP contribution is -2.46. The van der Waals surface area contributed by atoms with Crippen molar-refractivity contribution in [3.8, 4) is 0 Å². The van der Waals surface area contributed by atoms with Crippen LogP contribution in [0.25, 0.3) is 0 Å². The average molecular weight is 266 g/mol. The molecule has 2 heterocycles. The van der Waals surface area contributed by atoms with Gasteiger partial charge >= 0.3 is 6.09 Å². The lowest BCUT2D eigenvalue weighted by molar-refractivity contribution is -0.00647. The highest BCUT2D eigenvalue weighted by atomic mass is 16.6. The first-order chi connectivity index (χ1) is 8.88. The Morgan fingerprint density at radius 1 is 1.47 bits per heavy atom. The Hall–Kier alpha value is -1.52. The summed E-state index contributed by atoms with van der Waals surface area (Å²) in [6.07, 6.45) is 5.76. The van der Waals surface area contributed by atoms with Gasteiger partial charge in [-0.1, -0.05) is 0 Å². The van der Waals surface area contributed by atoms with Gasteiger partial charge in [-0.15, -0.1) is 0 Å². The molecule has 5 nitrogen and oxygen atoms in total. The minimum atomic E-state index is -0.486. The van der Waals surface area contributed by atoms with E-state index < -0.39 is 5.60 Å². The number of oxazole rings is 1. The summed E-state index contributed by atoms with van der Waals surface area (Å²) in [5, 5.41) is 0. The first-order valence-corrected chi connectivity index (χ1v) is 6.78. The lowest BCUT2D eigenvalue weighted by Gasteiger charge is -2.40. The van der Waals surface area contributed by atoms with E-state index in [4.69, 9.17) is 9.15 Å². The van der Waals surface area contributed by atoms with Crippen LogP contribution >= 0.6 is 0 Å². The van der Waals surface area contributed by atoms with Crippen molar-refractivity contribution >= 4 is 6.09 Å². The zero-order valence-electron chi connectivity index (χ0n) is 12.0. The number of ether oxygens (including phenoxy) is 1. The fraction of sp³-hybridized carbons (Fsp3) is 0.714. The first-order valence-electron chi connectivity index (χ1n) is 6.78. The first kappa shape index (κ1) is 13.9. The summed E-state index contributed by atoms with van der Waals surface area (Å²) in [4.78, 5) is 18.1. The average Bonchev–Trinajstić information content (AvgIpc) is 2.79. The highest BCUT2D eigenvalue weighted by molar-refractivity contribution is 5.69. The van der Waals surface area contributed by atoms with E-state index in [0.29, 0.717) is 0 Å². The van der Waals surface area contributed by atoms with E-state index in [-0.39, 0.29) is 18.2 Å². The van der Waals surface area contributed by atoms with E-state index in [1.807, 2.05) is 27.7 Å². The summed E-state index contributed by atoms with van der Waals surface area (Å²) in [6.45, 7) is 7.68. The van der Waals surface area contributed by atoms with Crippen LogP contribution in [0.4, 0.5) is 4.79 Å². The highest BCUT2D eigenvalue weighted by Gasteiger charge is 2.37. The normalized spacial score (nSPS) is 24.3. The molecule has 1 saturated heterocycles. The van der Waals surface area contributed by atoms with E-state index in [1.54, 1.807) is 11.1 Å². The molecule has 1 amide bonds. The van der Waals surface area contributed by atoms with Crippen LogP contribution in [0.5, 0.6) is 0 Å². The van der Waals surface area contributed by atoms with E-state index in [2.05, 4.69) is 4.98 Å². The molecule has 1 aromatic heterocycles. The van der Waals surface area contributed by atoms with Crippen molar-refractivity contribution in [2.75, 3.05) is 0 Å². The summed E-state index contributed by atoms with van der Waals surface area (Å²) in [7, 11) is 0. The second-order valence-electron chi connectivity index (χ2n) is 6.09. The number of carbonyl (C=O) groups excluding carboxylic acids is 1. The predicted molar refractivity (Wildman–Crippen MR) is 70.6 cm³/mol. The molecule has 0 spiro atoms. The van der Waals surface area contributed by atoms with Crippen molar-refractivity contribution in [1.82, 2.24) is 9.88 Å². The molecule has 106 valence electrons. The molecule has 19 heavy (non-hydrogen) atoms. The number of nitrogens with zero attached hydrogens (tertiary/aromatic N) is 2. The summed E-state index contributed by atoms with van der Waals surface area (Å²) in [5.74, 6) is 0.734. The number of carbonyl (C=O) groups is 1. The molecule has 2 unspecified atom stereocenters. The number of aromatic nitrogens is 1. The second-order valence-corrected chi connectivity index (χ2v) is 6.09. The number of piperidine rings is 1. The number of rotatable bonds is 1. The monoisotopic (exact) mass is 266 g/mol. The van der Waals surface area contributed by atoms with Gasteiger partial charge in [-0.05, 0) is 47.0 Å². The Kier molecular flexibility index (Phi) is 3.83. The number of hydrogen-bond acceptors (Lipinski definition) is 4. The quantitative estimate of drug-likeness (QED) is 0.780. The molecule has 1 aliphatic rings. The van der Waals surface area contributed by atoms with Gasteiger partial charge in [-0.2, -0.15) is 0 Å². The topological polar surface area (TPSA) is 55.6 Å². The van der Waals surface area contributed by atoms with Crippen LogP contribution < -0.4 is 0 Å². The molecule has 0 bridgehead atoms. The number of amides is 1. The van der Waals surface area contributed by atoms with Crippen LogP contribution in [0.3, 0.4) is 0 Å². The maximum absolute atomic E-state index is 12.4. The summed E-state index contributed by atoms with van der Waals surface area (Å²) in [6, 6.07) is 0.0831. The molecule has 1 aromatic rings. The standard InChI is InChI=1S/C14H22N2O3/c1-10-6-5-7-11(12-8-15-9-18-12)16(10)13(17)19-14(2,3)4/h8-11H,5-7H2,1-4H3. The third-order valence-electron chi connectivity index (χ3n) is 3.29. The SMILES string of the molecule is CC1CCCC(c2cnco2)N1C(=O)OC(C)(C)C. The predicted octanol–water partition coefficient (Wildman–Crippen LogP) is 3.53. The number of likely N-dealkylation sites (tertiary alicyclic amines) is 1. The molecule has 0 aromatic carbocycles. The zero-order chi connectivity index (χ0) is 14.0. The maximum Gasteiger partial charge on any atom is 0.411 e. The Labute approximate surface area is 113 Å². The smallest absolute Gasteiger partial charge is 0.411 e. The summed E-state index contributed by atoms with van der Waals surface area (Å²) in [5.41, 5.74) is -0.486. The molecule has 1 aliphatic heterocycles. The zero-order valence-corrected chi connectivity index (χ0v) is 12.0. The van der Waals surface area contributed by atoms with Crippen molar-refractivity contribution < 1.29 is 13.9 Å². The molecule has 0 N–H and O–H groups in total. The van der Waals surface area contributed by atoms with Crippen LogP contribution in [0, 0.1) is 0 Å². The van der Waals surface area contributed by atoms with E-state index >= 15 is 0 Å². The van der Waals surface area contributed by atoms with Crippen molar-refractivity contribution in [3.63, 3.8) is 0 Å². The summed E-state index contributed by atoms with van der Waals surface area (Å²) >= 11 is 0. The van der Waals surface area contributed by atoms with Gasteiger partial charge < -0.3 is 9.15 Å². The molecule has 1 fully saturated rings. The van der Waals surface area contributed by atoms with Gasteiger partial charge in [-0.25, -0.2) is 9.78 Å². The van der Waals surface area contributed by atoms with Gasteiger partial charge in [-0.3, -0.25) is 4.90 Å². The largest absolute Gasteiger partial charge is 0.446 e. The Balaban J connectivity index is 2.19. The van der Waals surface area contributed by atoms with Crippen molar-refractivity contribution in [1.29, 1.82) is 0 Å². The van der Waals surface area contributed by atoms with Gasteiger partial charge in [0.2, 0.25) is 0 Å². The Morgan fingerprint density at radius 3 is 2.79 bits per heavy atom. The van der Waals surface area contributed by atoms with Crippen LogP contribution in [-0.2, 0) is 4.74 Å². The maximum atomic E-state index is 12.4.